The van der Waals surface area contributed by atoms with Crippen molar-refractivity contribution in [3.05, 3.63) is 0 Å². The minimum Gasteiger partial charge on any atom is -0.467 e. The van der Waals surface area contributed by atoms with Gasteiger partial charge in [0.25, 0.3) is 0 Å². The second-order valence-corrected chi connectivity index (χ2v) is 6.02. The Morgan fingerprint density at radius 1 is 1.14 bits per heavy atom. The number of halogens is 1. The van der Waals surface area contributed by atoms with Crippen molar-refractivity contribution in [2.24, 2.45) is 5.92 Å². The number of esters is 1. The van der Waals surface area contributed by atoms with E-state index >= 15 is 0 Å². The van der Waals surface area contributed by atoms with Crippen LogP contribution in [0.25, 0.3) is 0 Å². The molecule has 6 heteroatoms. The first-order chi connectivity index (χ1) is 9.68. The standard InChI is InChI=1S/C15H26N2O3.ClH/c1-20-14(19)15(8-4-2-3-5-9-15)17-13(18)12-7-6-10-16-11-12;/h12,16H,2-11H2,1H3,(H,17,18);1H. The molecule has 1 aliphatic carbocycles. The summed E-state index contributed by atoms with van der Waals surface area (Å²) in [4.78, 5) is 24.7. The zero-order chi connectivity index (χ0) is 14.4. The summed E-state index contributed by atoms with van der Waals surface area (Å²) in [7, 11) is 1.41. The van der Waals surface area contributed by atoms with Gasteiger partial charge < -0.3 is 15.4 Å². The van der Waals surface area contributed by atoms with Crippen molar-refractivity contribution in [1.82, 2.24) is 10.6 Å². The highest BCUT2D eigenvalue weighted by Gasteiger charge is 2.42. The van der Waals surface area contributed by atoms with Crippen LogP contribution in [0.3, 0.4) is 0 Å². The Balaban J connectivity index is 0.00000220. The van der Waals surface area contributed by atoms with Gasteiger partial charge in [-0.05, 0) is 32.2 Å². The van der Waals surface area contributed by atoms with Crippen molar-refractivity contribution < 1.29 is 14.3 Å². The number of amides is 1. The van der Waals surface area contributed by atoms with E-state index in [2.05, 4.69) is 10.6 Å². The molecule has 0 radical (unpaired) electrons. The van der Waals surface area contributed by atoms with Crippen LogP contribution in [-0.4, -0.2) is 37.6 Å². The molecule has 1 saturated heterocycles. The SMILES string of the molecule is COC(=O)C1(NC(=O)C2CCCNC2)CCCCCC1.Cl. The fraction of sp³-hybridized carbons (Fsp3) is 0.867. The van der Waals surface area contributed by atoms with Crippen molar-refractivity contribution in [3.8, 4) is 0 Å². The average molecular weight is 319 g/mol. The Kier molecular flexibility index (Phi) is 7.46. The van der Waals surface area contributed by atoms with Gasteiger partial charge in [-0.3, -0.25) is 4.79 Å². The van der Waals surface area contributed by atoms with Crippen molar-refractivity contribution in [3.63, 3.8) is 0 Å². The lowest BCUT2D eigenvalue weighted by molar-refractivity contribution is -0.152. The van der Waals surface area contributed by atoms with Crippen LogP contribution in [0.2, 0.25) is 0 Å². The number of nitrogens with one attached hydrogen (secondary N) is 2. The van der Waals surface area contributed by atoms with Gasteiger partial charge in [-0.25, -0.2) is 4.79 Å². The fourth-order valence-electron chi connectivity index (χ4n) is 3.32. The van der Waals surface area contributed by atoms with E-state index in [0.29, 0.717) is 19.4 Å². The predicted octanol–water partition coefficient (Wildman–Crippen LogP) is 1.79. The molecule has 1 aliphatic heterocycles. The first-order valence-corrected chi connectivity index (χ1v) is 7.79. The zero-order valence-electron chi connectivity index (χ0n) is 12.8. The summed E-state index contributed by atoms with van der Waals surface area (Å²) >= 11 is 0. The molecule has 0 aromatic carbocycles. The number of carbonyl (C=O) groups excluding carboxylic acids is 2. The van der Waals surface area contributed by atoms with E-state index in [4.69, 9.17) is 4.74 Å². The molecule has 122 valence electrons. The summed E-state index contributed by atoms with van der Waals surface area (Å²) in [6.45, 7) is 1.69. The quantitative estimate of drug-likeness (QED) is 0.615. The van der Waals surface area contributed by atoms with Crippen LogP contribution in [0.15, 0.2) is 0 Å². The number of hydrogen-bond acceptors (Lipinski definition) is 4. The zero-order valence-corrected chi connectivity index (χ0v) is 13.6. The minimum absolute atomic E-state index is 0. The monoisotopic (exact) mass is 318 g/mol. The molecule has 2 rings (SSSR count). The molecule has 2 N–H and O–H groups in total. The minimum atomic E-state index is -0.792. The third-order valence-electron chi connectivity index (χ3n) is 4.56. The van der Waals surface area contributed by atoms with E-state index in [9.17, 15) is 9.59 Å². The summed E-state index contributed by atoms with van der Waals surface area (Å²) in [5.41, 5.74) is -0.792. The molecule has 2 fully saturated rings. The van der Waals surface area contributed by atoms with Crippen molar-refractivity contribution in [2.45, 2.75) is 56.9 Å². The Labute approximate surface area is 133 Å². The lowest BCUT2D eigenvalue weighted by Gasteiger charge is -2.33. The van der Waals surface area contributed by atoms with Gasteiger partial charge >= 0.3 is 5.97 Å². The largest absolute Gasteiger partial charge is 0.467 e. The predicted molar refractivity (Wildman–Crippen MR) is 83.4 cm³/mol. The van der Waals surface area contributed by atoms with Crippen molar-refractivity contribution in [2.75, 3.05) is 20.2 Å². The maximum Gasteiger partial charge on any atom is 0.331 e. The van der Waals surface area contributed by atoms with Gasteiger partial charge in [0.2, 0.25) is 5.91 Å². The number of piperidine rings is 1. The number of rotatable bonds is 3. The average Bonchev–Trinajstić information content (AvgIpc) is 2.74. The first kappa shape index (κ1) is 18.2. The van der Waals surface area contributed by atoms with E-state index in [1.165, 1.54) is 7.11 Å². The number of carbonyl (C=O) groups is 2. The fourth-order valence-corrected chi connectivity index (χ4v) is 3.32. The van der Waals surface area contributed by atoms with Gasteiger partial charge in [0.15, 0.2) is 0 Å². The van der Waals surface area contributed by atoms with Crippen LogP contribution in [0, 0.1) is 5.92 Å². The third kappa shape index (κ3) is 4.58. The lowest BCUT2D eigenvalue weighted by Crippen LogP contribution is -2.57. The molecular weight excluding hydrogens is 292 g/mol. The second kappa shape index (κ2) is 8.59. The molecule has 0 spiro atoms. The highest BCUT2D eigenvalue weighted by atomic mass is 35.5. The van der Waals surface area contributed by atoms with Gasteiger partial charge in [-0.2, -0.15) is 0 Å². The van der Waals surface area contributed by atoms with E-state index in [1.807, 2.05) is 0 Å². The Morgan fingerprint density at radius 3 is 2.33 bits per heavy atom. The molecule has 1 saturated carbocycles. The molecule has 1 heterocycles. The van der Waals surface area contributed by atoms with Gasteiger partial charge in [0.1, 0.15) is 5.54 Å². The van der Waals surface area contributed by atoms with E-state index in [-0.39, 0.29) is 30.2 Å². The van der Waals surface area contributed by atoms with Crippen LogP contribution < -0.4 is 10.6 Å². The smallest absolute Gasteiger partial charge is 0.331 e. The van der Waals surface area contributed by atoms with Crippen LogP contribution in [0.4, 0.5) is 0 Å². The molecule has 1 amide bonds. The van der Waals surface area contributed by atoms with Crippen molar-refractivity contribution >= 4 is 24.3 Å². The van der Waals surface area contributed by atoms with Gasteiger partial charge in [0.05, 0.1) is 13.0 Å². The summed E-state index contributed by atoms with van der Waals surface area (Å²) in [6, 6.07) is 0. The first-order valence-electron chi connectivity index (χ1n) is 7.79. The summed E-state index contributed by atoms with van der Waals surface area (Å²) in [6.07, 6.45) is 7.51. The summed E-state index contributed by atoms with van der Waals surface area (Å²) < 4.78 is 4.97. The Hall–Kier alpha value is -0.810. The van der Waals surface area contributed by atoms with Crippen molar-refractivity contribution in [1.29, 1.82) is 0 Å². The number of methoxy groups -OCH3 is 1. The van der Waals surface area contributed by atoms with E-state index in [0.717, 1.165) is 45.1 Å². The number of hydrogen-bond donors (Lipinski definition) is 2. The third-order valence-corrected chi connectivity index (χ3v) is 4.56. The van der Waals surface area contributed by atoms with Gasteiger partial charge in [0, 0.05) is 6.54 Å². The van der Waals surface area contributed by atoms with Gasteiger partial charge in [-0.15, -0.1) is 12.4 Å². The molecule has 5 nitrogen and oxygen atoms in total. The van der Waals surface area contributed by atoms with Crippen LogP contribution in [0.1, 0.15) is 51.4 Å². The Bertz CT molecular complexity index is 349. The van der Waals surface area contributed by atoms with Gasteiger partial charge in [-0.1, -0.05) is 25.7 Å². The molecule has 2 aliphatic rings. The highest BCUT2D eigenvalue weighted by molar-refractivity contribution is 5.89. The highest BCUT2D eigenvalue weighted by Crippen LogP contribution is 2.29. The molecular formula is C15H27ClN2O3. The lowest BCUT2D eigenvalue weighted by atomic mass is 9.88. The topological polar surface area (TPSA) is 67.4 Å². The maximum atomic E-state index is 12.4. The summed E-state index contributed by atoms with van der Waals surface area (Å²) in [5, 5.41) is 6.28. The maximum absolute atomic E-state index is 12.4. The summed E-state index contributed by atoms with van der Waals surface area (Å²) in [5.74, 6) is -0.297. The Morgan fingerprint density at radius 2 is 1.81 bits per heavy atom. The van der Waals surface area contributed by atoms with Crippen LogP contribution >= 0.6 is 12.4 Å². The second-order valence-electron chi connectivity index (χ2n) is 6.02. The van der Waals surface area contributed by atoms with Crippen LogP contribution in [0.5, 0.6) is 0 Å². The normalized spacial score (nSPS) is 25.1. The van der Waals surface area contributed by atoms with E-state index in [1.54, 1.807) is 0 Å². The molecule has 21 heavy (non-hydrogen) atoms. The van der Waals surface area contributed by atoms with E-state index < -0.39 is 5.54 Å². The molecule has 0 aromatic rings. The molecule has 1 unspecified atom stereocenters. The molecule has 0 aromatic heterocycles. The molecule has 1 atom stereocenters. The van der Waals surface area contributed by atoms with Crippen LogP contribution in [-0.2, 0) is 14.3 Å². The number of ether oxygens (including phenoxy) is 1. The molecule has 0 bridgehead atoms.